The Hall–Kier alpha value is 0.0969. The molecule has 0 heterocycles. The average Bonchev–Trinajstić information content (AvgIpc) is 3.39. The zero-order chi connectivity index (χ0) is 17.2. The van der Waals surface area contributed by atoms with Crippen LogP contribution in [0.15, 0.2) is 0 Å². The molecule has 0 spiro atoms. The summed E-state index contributed by atoms with van der Waals surface area (Å²) in [6.07, 6.45) is 20.9. The number of unbranched alkanes of at least 4 members (excludes halogenated alkanes) is 10. The smallest absolute Gasteiger partial charge is 0.379 e. The normalized spacial score (nSPS) is 14.0. The maximum absolute atomic E-state index is 4.74. The standard InChI is InChI=1S/C16H32.C3H10O3Si/c1-2-3-4-5-6-7-8-9-10-11-12-13-16-14-15-16;1-4-7(5-2)6-3/h16H,2-15H2,1H3;7H,1-3H3. The van der Waals surface area contributed by atoms with Crippen molar-refractivity contribution in [3.05, 3.63) is 0 Å². The van der Waals surface area contributed by atoms with Crippen molar-refractivity contribution in [1.82, 2.24) is 0 Å². The topological polar surface area (TPSA) is 27.7 Å². The fourth-order valence-electron chi connectivity index (χ4n) is 2.79. The van der Waals surface area contributed by atoms with Crippen LogP contribution >= 0.6 is 0 Å². The largest absolute Gasteiger partial charge is 0.483 e. The van der Waals surface area contributed by atoms with Gasteiger partial charge in [-0.15, -0.1) is 0 Å². The third kappa shape index (κ3) is 18.3. The Morgan fingerprint density at radius 2 is 1.04 bits per heavy atom. The van der Waals surface area contributed by atoms with Crippen LogP contribution in [-0.4, -0.2) is 30.9 Å². The minimum Gasteiger partial charge on any atom is -0.379 e. The molecule has 1 rings (SSSR count). The molecule has 0 aromatic carbocycles. The number of hydrogen-bond donors (Lipinski definition) is 0. The van der Waals surface area contributed by atoms with Gasteiger partial charge in [-0.2, -0.15) is 0 Å². The highest BCUT2D eigenvalue weighted by Gasteiger charge is 2.19. The molecule has 23 heavy (non-hydrogen) atoms. The molecule has 4 heteroatoms. The first kappa shape index (κ1) is 23.1. The first-order chi connectivity index (χ1) is 11.3. The van der Waals surface area contributed by atoms with Gasteiger partial charge in [0.15, 0.2) is 0 Å². The summed E-state index contributed by atoms with van der Waals surface area (Å²) in [4.78, 5) is 0. The van der Waals surface area contributed by atoms with Gasteiger partial charge in [-0.05, 0) is 5.92 Å². The second kappa shape index (κ2) is 18.4. The van der Waals surface area contributed by atoms with E-state index in [-0.39, 0.29) is 0 Å². The van der Waals surface area contributed by atoms with Gasteiger partial charge in [-0.1, -0.05) is 96.8 Å². The van der Waals surface area contributed by atoms with Crippen LogP contribution < -0.4 is 0 Å². The Kier molecular flexibility index (Phi) is 18.5. The molecule has 0 aromatic heterocycles. The molecule has 0 N–H and O–H groups in total. The lowest BCUT2D eigenvalue weighted by Crippen LogP contribution is -2.21. The highest BCUT2D eigenvalue weighted by molar-refractivity contribution is 6.36. The highest BCUT2D eigenvalue weighted by Crippen LogP contribution is 2.34. The Bertz CT molecular complexity index is 213. The molecule has 0 amide bonds. The SMILES string of the molecule is CCCCCCCCCCCCCC1CC1.CO[SiH](OC)OC. The molecule has 1 aliphatic carbocycles. The van der Waals surface area contributed by atoms with Crippen LogP contribution in [0.5, 0.6) is 0 Å². The third-order valence-corrected chi connectivity index (χ3v) is 5.64. The molecule has 0 radical (unpaired) electrons. The van der Waals surface area contributed by atoms with Crippen molar-refractivity contribution in [2.24, 2.45) is 5.92 Å². The van der Waals surface area contributed by atoms with Crippen LogP contribution in [-0.2, 0) is 13.3 Å². The van der Waals surface area contributed by atoms with Crippen LogP contribution in [0.25, 0.3) is 0 Å². The van der Waals surface area contributed by atoms with Crippen LogP contribution in [0.1, 0.15) is 96.8 Å². The van der Waals surface area contributed by atoms with E-state index in [0.717, 1.165) is 5.92 Å². The Balaban J connectivity index is 0.000000585. The molecule has 140 valence electrons. The molecule has 3 nitrogen and oxygen atoms in total. The van der Waals surface area contributed by atoms with Crippen molar-refractivity contribution in [3.8, 4) is 0 Å². The summed E-state index contributed by atoms with van der Waals surface area (Å²) in [6, 6.07) is 0. The summed E-state index contributed by atoms with van der Waals surface area (Å²) in [5, 5.41) is 0. The zero-order valence-corrected chi connectivity index (χ0v) is 17.4. The van der Waals surface area contributed by atoms with E-state index in [4.69, 9.17) is 13.3 Å². The van der Waals surface area contributed by atoms with Gasteiger partial charge in [0.2, 0.25) is 0 Å². The van der Waals surface area contributed by atoms with Gasteiger partial charge in [0, 0.05) is 21.3 Å². The van der Waals surface area contributed by atoms with E-state index in [1.54, 1.807) is 21.3 Å². The molecule has 1 aliphatic rings. The fourth-order valence-corrected chi connectivity index (χ4v) is 3.37. The first-order valence-electron chi connectivity index (χ1n) is 9.86. The Labute approximate surface area is 147 Å². The monoisotopic (exact) mass is 346 g/mol. The molecular weight excluding hydrogens is 304 g/mol. The third-order valence-electron chi connectivity index (χ3n) is 4.49. The van der Waals surface area contributed by atoms with Crippen LogP contribution in [0.2, 0.25) is 0 Å². The van der Waals surface area contributed by atoms with Crippen molar-refractivity contribution in [1.29, 1.82) is 0 Å². The zero-order valence-electron chi connectivity index (χ0n) is 16.3. The maximum Gasteiger partial charge on any atom is 0.483 e. The van der Waals surface area contributed by atoms with E-state index < -0.39 is 9.53 Å². The van der Waals surface area contributed by atoms with Crippen molar-refractivity contribution in [2.75, 3.05) is 21.3 Å². The molecule has 0 saturated heterocycles. The van der Waals surface area contributed by atoms with Crippen LogP contribution in [0.3, 0.4) is 0 Å². The van der Waals surface area contributed by atoms with Gasteiger partial charge in [-0.25, -0.2) is 0 Å². The van der Waals surface area contributed by atoms with Gasteiger partial charge < -0.3 is 13.3 Å². The van der Waals surface area contributed by atoms with E-state index in [0.29, 0.717) is 0 Å². The van der Waals surface area contributed by atoms with Crippen LogP contribution in [0.4, 0.5) is 0 Å². The molecular formula is C19H42O3Si. The summed E-state index contributed by atoms with van der Waals surface area (Å²) >= 11 is 0. The second-order valence-corrected chi connectivity index (χ2v) is 8.75. The summed E-state index contributed by atoms with van der Waals surface area (Å²) in [7, 11) is 3.05. The van der Waals surface area contributed by atoms with E-state index in [9.17, 15) is 0 Å². The Morgan fingerprint density at radius 3 is 1.35 bits per heavy atom. The van der Waals surface area contributed by atoms with E-state index in [2.05, 4.69) is 6.92 Å². The highest BCUT2D eigenvalue weighted by atomic mass is 28.3. The van der Waals surface area contributed by atoms with Gasteiger partial charge in [0.1, 0.15) is 0 Å². The summed E-state index contributed by atoms with van der Waals surface area (Å²) < 4.78 is 14.2. The van der Waals surface area contributed by atoms with E-state index >= 15 is 0 Å². The summed E-state index contributed by atoms with van der Waals surface area (Å²) in [6.45, 7) is 2.29. The molecule has 0 unspecified atom stereocenters. The second-order valence-electron chi connectivity index (χ2n) is 6.76. The minimum atomic E-state index is -1.67. The summed E-state index contributed by atoms with van der Waals surface area (Å²) in [5.74, 6) is 1.15. The molecule has 1 fully saturated rings. The van der Waals surface area contributed by atoms with Gasteiger partial charge in [-0.3, -0.25) is 0 Å². The number of hydrogen-bond acceptors (Lipinski definition) is 3. The molecule has 1 saturated carbocycles. The molecule has 0 atom stereocenters. The van der Waals surface area contributed by atoms with Crippen molar-refractivity contribution < 1.29 is 13.3 Å². The first-order valence-corrected chi connectivity index (χ1v) is 11.3. The molecule has 0 bridgehead atoms. The average molecular weight is 347 g/mol. The van der Waals surface area contributed by atoms with Crippen molar-refractivity contribution >= 4 is 9.53 Å². The van der Waals surface area contributed by atoms with Gasteiger partial charge in [0.25, 0.3) is 0 Å². The lowest BCUT2D eigenvalue weighted by Gasteiger charge is -2.05. The Morgan fingerprint density at radius 1 is 0.652 bits per heavy atom. The van der Waals surface area contributed by atoms with Crippen molar-refractivity contribution in [3.63, 3.8) is 0 Å². The predicted octanol–water partition coefficient (Wildman–Crippen LogP) is 5.74. The quantitative estimate of drug-likeness (QED) is 0.279. The maximum atomic E-state index is 4.74. The van der Waals surface area contributed by atoms with Gasteiger partial charge in [0.05, 0.1) is 0 Å². The molecule has 0 aromatic rings. The van der Waals surface area contributed by atoms with E-state index in [1.165, 1.54) is 89.9 Å². The van der Waals surface area contributed by atoms with Crippen LogP contribution in [0, 0.1) is 5.92 Å². The number of rotatable bonds is 15. The fraction of sp³-hybridized carbons (Fsp3) is 1.00. The summed E-state index contributed by atoms with van der Waals surface area (Å²) in [5.41, 5.74) is 0. The van der Waals surface area contributed by atoms with E-state index in [1.807, 2.05) is 0 Å². The van der Waals surface area contributed by atoms with Crippen molar-refractivity contribution in [2.45, 2.75) is 96.8 Å². The molecule has 0 aliphatic heterocycles. The minimum absolute atomic E-state index is 1.15. The lowest BCUT2D eigenvalue weighted by atomic mass is 10.0. The predicted molar refractivity (Wildman–Crippen MR) is 102 cm³/mol. The van der Waals surface area contributed by atoms with Gasteiger partial charge >= 0.3 is 9.53 Å². The lowest BCUT2D eigenvalue weighted by molar-refractivity contribution is 0.163.